The fraction of sp³-hybridized carbons (Fsp3) is 0.395. The molecule has 2 aliphatic rings. The molecule has 6 rings (SSSR count). The number of carbonyl (C=O) groups is 2. The minimum Gasteiger partial charge on any atom is -0.364 e. The second-order valence-corrected chi connectivity index (χ2v) is 12.5. The van der Waals surface area contributed by atoms with E-state index in [4.69, 9.17) is 4.74 Å². The average molecular weight is 764 g/mol. The van der Waals surface area contributed by atoms with E-state index in [1.807, 2.05) is 59.7 Å². The SMILES string of the molecule is CN(C=O)Cc1ccc(Nc2cnn(-c3ccc(F)cc3)c2C2(OCc3ccccc3)CCC2)cc1.CS.CSC.FC(F)F.O=C1CCCCN1. The molecule has 3 aromatic carbocycles. The highest BCUT2D eigenvalue weighted by molar-refractivity contribution is 7.97. The van der Waals surface area contributed by atoms with Crippen molar-refractivity contribution in [3.63, 3.8) is 0 Å². The van der Waals surface area contributed by atoms with E-state index in [0.717, 1.165) is 85.4 Å². The van der Waals surface area contributed by atoms with E-state index in [2.05, 4.69) is 40.5 Å². The van der Waals surface area contributed by atoms with Crippen LogP contribution < -0.4 is 10.6 Å². The topological polar surface area (TPSA) is 88.5 Å². The molecule has 1 aromatic heterocycles. The van der Waals surface area contributed by atoms with Crippen molar-refractivity contribution in [2.75, 3.05) is 37.7 Å². The number of hydrogen-bond acceptors (Lipinski definition) is 7. The van der Waals surface area contributed by atoms with Crippen LogP contribution in [0, 0.1) is 5.82 Å². The monoisotopic (exact) mass is 763 g/mol. The van der Waals surface area contributed by atoms with Crippen LogP contribution in [0.25, 0.3) is 5.69 Å². The van der Waals surface area contributed by atoms with Crippen molar-refractivity contribution in [3.8, 4) is 5.69 Å². The van der Waals surface area contributed by atoms with Crippen molar-refractivity contribution < 1.29 is 31.9 Å². The number of alkyl halides is 3. The maximum Gasteiger partial charge on any atom is 0.379 e. The van der Waals surface area contributed by atoms with Gasteiger partial charge in [0.1, 0.15) is 11.4 Å². The minimum atomic E-state index is -3.67. The lowest BCUT2D eigenvalue weighted by Crippen LogP contribution is -2.39. The summed E-state index contributed by atoms with van der Waals surface area (Å²) in [6, 6.07) is 24.5. The van der Waals surface area contributed by atoms with E-state index in [1.165, 1.54) is 12.1 Å². The second kappa shape index (κ2) is 24.3. The van der Waals surface area contributed by atoms with E-state index < -0.39 is 12.3 Å². The number of halogens is 4. The van der Waals surface area contributed by atoms with Gasteiger partial charge >= 0.3 is 6.68 Å². The Bertz CT molecular complexity index is 1570. The molecule has 0 bridgehead atoms. The van der Waals surface area contributed by atoms with Crippen LogP contribution in [0.15, 0.2) is 85.1 Å². The molecule has 8 nitrogen and oxygen atoms in total. The molecule has 2 heterocycles. The summed E-state index contributed by atoms with van der Waals surface area (Å²) in [6.07, 6.45) is 14.2. The zero-order valence-corrected chi connectivity index (χ0v) is 31.7. The summed E-state index contributed by atoms with van der Waals surface area (Å²) < 4.78 is 51.1. The lowest BCUT2D eigenvalue weighted by molar-refractivity contribution is -0.122. The number of rotatable bonds is 10. The number of thiol groups is 1. The summed E-state index contributed by atoms with van der Waals surface area (Å²) in [6.45, 7) is -1.74. The van der Waals surface area contributed by atoms with Gasteiger partial charge in [-0.25, -0.2) is 9.07 Å². The molecule has 2 N–H and O–H groups in total. The molecule has 2 amide bonds. The lowest BCUT2D eigenvalue weighted by Gasteiger charge is -2.42. The molecule has 2 fully saturated rings. The third kappa shape index (κ3) is 14.9. The number of carbonyl (C=O) groups excluding carboxylic acids is 2. The molecule has 1 aliphatic heterocycles. The molecule has 1 saturated heterocycles. The third-order valence-electron chi connectivity index (χ3n) is 7.79. The maximum absolute atomic E-state index is 13.7. The van der Waals surface area contributed by atoms with Crippen LogP contribution in [0.4, 0.5) is 28.9 Å². The van der Waals surface area contributed by atoms with E-state index in [0.29, 0.717) is 13.2 Å². The number of anilines is 2. The molecule has 284 valence electrons. The summed E-state index contributed by atoms with van der Waals surface area (Å²) in [5, 5.41) is 11.0. The molecule has 1 aliphatic carbocycles. The molecule has 14 heteroatoms. The summed E-state index contributed by atoms with van der Waals surface area (Å²) in [5.74, 6) is -0.0731. The fourth-order valence-corrected chi connectivity index (χ4v) is 5.30. The Kier molecular flexibility index (Phi) is 20.6. The molecule has 0 spiro atoms. The number of thioether (sulfide) groups is 1. The molecular weight excluding hydrogens is 715 g/mol. The first-order valence-corrected chi connectivity index (χ1v) is 19.2. The van der Waals surface area contributed by atoms with Crippen molar-refractivity contribution in [1.82, 2.24) is 20.0 Å². The molecule has 0 atom stereocenters. The zero-order chi connectivity index (χ0) is 38.4. The third-order valence-corrected chi connectivity index (χ3v) is 7.79. The normalized spacial score (nSPS) is 13.8. The minimum absolute atomic E-state index is 0.214. The van der Waals surface area contributed by atoms with Gasteiger partial charge in [-0.2, -0.15) is 42.7 Å². The van der Waals surface area contributed by atoms with Gasteiger partial charge in [-0.15, -0.1) is 0 Å². The van der Waals surface area contributed by atoms with Gasteiger partial charge in [0.15, 0.2) is 0 Å². The van der Waals surface area contributed by atoms with Gasteiger partial charge in [0.25, 0.3) is 0 Å². The number of nitrogens with one attached hydrogen (secondary N) is 2. The maximum atomic E-state index is 13.7. The molecule has 52 heavy (non-hydrogen) atoms. The van der Waals surface area contributed by atoms with E-state index in [1.54, 1.807) is 48.3 Å². The number of nitrogens with zero attached hydrogens (tertiary/aromatic N) is 3. The number of benzene rings is 3. The average Bonchev–Trinajstić information content (AvgIpc) is 3.54. The summed E-state index contributed by atoms with van der Waals surface area (Å²) in [7, 11) is 1.75. The first-order chi connectivity index (χ1) is 25.1. The van der Waals surface area contributed by atoms with Gasteiger partial charge in [-0.05, 0) is 98.4 Å². The number of amides is 2. The standard InChI is InChI=1S/C29H29FN4O2.C5H9NO.C2H6S.CHF3.CH4S/c1-33(21-35)19-22-8-12-25(13-9-22)32-27-18-31-34(26-14-10-24(30)11-15-26)28(27)29(16-5-17-29)36-20-23-6-3-2-4-7-23;7-5-3-1-2-4-6-5;1-3-2;2-1(3)4;1-2/h2-4,6-15,18,21,32H,5,16-17,19-20H2,1H3;1-4H2,(H,6,7);1-2H3;1H;2H,1H3. The van der Waals surface area contributed by atoms with Crippen molar-refractivity contribution in [2.45, 2.75) is 64.0 Å². The highest BCUT2D eigenvalue weighted by atomic mass is 32.2. The Hall–Kier alpha value is -4.01. The van der Waals surface area contributed by atoms with E-state index in [9.17, 15) is 27.2 Å². The molecular formula is C38H49F4N5O3S2. The molecule has 0 radical (unpaired) electrons. The second-order valence-electron chi connectivity index (χ2n) is 11.7. The van der Waals surface area contributed by atoms with Gasteiger partial charge < -0.3 is 20.3 Å². The van der Waals surface area contributed by atoms with Crippen LogP contribution in [0.5, 0.6) is 0 Å². The first kappa shape index (κ1) is 44.2. The Morgan fingerprint density at radius 1 is 0.981 bits per heavy atom. The number of hydrogen-bond donors (Lipinski definition) is 3. The van der Waals surface area contributed by atoms with Gasteiger partial charge in [0.2, 0.25) is 12.3 Å². The van der Waals surface area contributed by atoms with Crippen LogP contribution in [-0.2, 0) is 33.1 Å². The van der Waals surface area contributed by atoms with Gasteiger partial charge in [0, 0.05) is 32.2 Å². The highest BCUT2D eigenvalue weighted by Crippen LogP contribution is 2.49. The predicted octanol–water partition coefficient (Wildman–Crippen LogP) is 8.93. The number of piperidine rings is 1. The van der Waals surface area contributed by atoms with Crippen LogP contribution in [0.3, 0.4) is 0 Å². The lowest BCUT2D eigenvalue weighted by atomic mass is 9.76. The van der Waals surface area contributed by atoms with Crippen LogP contribution in [0.1, 0.15) is 55.3 Å². The quantitative estimate of drug-likeness (QED) is 0.0850. The summed E-state index contributed by atoms with van der Waals surface area (Å²) in [4.78, 5) is 22.9. The van der Waals surface area contributed by atoms with E-state index in [-0.39, 0.29) is 11.7 Å². The predicted molar refractivity (Wildman–Crippen MR) is 206 cm³/mol. The molecule has 0 unspecified atom stereocenters. The van der Waals surface area contributed by atoms with Gasteiger partial charge in [-0.1, -0.05) is 42.5 Å². The fourth-order valence-electron chi connectivity index (χ4n) is 5.30. The highest BCUT2D eigenvalue weighted by Gasteiger charge is 2.45. The van der Waals surface area contributed by atoms with Crippen molar-refractivity contribution >= 4 is 48.1 Å². The number of ether oxygens (including phenoxy) is 1. The first-order valence-electron chi connectivity index (χ1n) is 16.7. The largest absolute Gasteiger partial charge is 0.379 e. The summed E-state index contributed by atoms with van der Waals surface area (Å²) in [5.41, 5.74) is 5.12. The van der Waals surface area contributed by atoms with Crippen LogP contribution >= 0.6 is 24.4 Å². The smallest absolute Gasteiger partial charge is 0.364 e. The van der Waals surface area contributed by atoms with Crippen molar-refractivity contribution in [2.24, 2.45) is 0 Å². The summed E-state index contributed by atoms with van der Waals surface area (Å²) >= 11 is 5.28. The Morgan fingerprint density at radius 3 is 2.08 bits per heavy atom. The van der Waals surface area contributed by atoms with Gasteiger partial charge in [0.05, 0.1) is 29.9 Å². The van der Waals surface area contributed by atoms with Crippen LogP contribution in [0.2, 0.25) is 0 Å². The molecule has 4 aromatic rings. The Balaban J connectivity index is 0.000000491. The Labute approximate surface area is 314 Å². The van der Waals surface area contributed by atoms with Crippen LogP contribution in [-0.4, -0.2) is 66.0 Å². The van der Waals surface area contributed by atoms with Crippen molar-refractivity contribution in [3.05, 3.63) is 108 Å². The molecule has 1 saturated carbocycles. The number of aromatic nitrogens is 2. The van der Waals surface area contributed by atoms with Gasteiger partial charge in [-0.3, -0.25) is 9.59 Å². The zero-order valence-electron chi connectivity index (χ0n) is 30.0. The van der Waals surface area contributed by atoms with E-state index >= 15 is 0 Å². The Morgan fingerprint density at radius 2 is 1.60 bits per heavy atom. The van der Waals surface area contributed by atoms with Crippen molar-refractivity contribution in [1.29, 1.82) is 0 Å².